The molecule has 1 amide bonds. The van der Waals surface area contributed by atoms with Crippen LogP contribution in [0.3, 0.4) is 0 Å². The Morgan fingerprint density at radius 3 is 2.48 bits per heavy atom. The first-order valence-electron chi connectivity index (χ1n) is 8.17. The molecule has 1 aromatic heterocycles. The molecule has 0 aliphatic heterocycles. The fraction of sp³-hybridized carbons (Fsp3) is 0.200. The zero-order valence-electron chi connectivity index (χ0n) is 14.3. The highest BCUT2D eigenvalue weighted by atomic mass is 35.5. The van der Waals surface area contributed by atoms with Gasteiger partial charge in [0, 0.05) is 22.8 Å². The van der Waals surface area contributed by atoms with Crippen molar-refractivity contribution in [1.82, 2.24) is 15.1 Å². The van der Waals surface area contributed by atoms with Gasteiger partial charge in [-0.15, -0.1) is 0 Å². The molecular formula is C20H20ClN3O. The van der Waals surface area contributed by atoms with Crippen LogP contribution in [0.2, 0.25) is 5.02 Å². The SMILES string of the molecule is Cc1nn(-c2ccccc2)c(C)c1CC(=O)NCc1ccccc1Cl. The van der Waals surface area contributed by atoms with Gasteiger partial charge in [0.05, 0.1) is 17.8 Å². The number of para-hydroxylation sites is 1. The number of carbonyl (C=O) groups is 1. The van der Waals surface area contributed by atoms with Crippen LogP contribution in [0.4, 0.5) is 0 Å². The molecule has 5 heteroatoms. The molecule has 0 spiro atoms. The molecule has 0 saturated carbocycles. The van der Waals surface area contributed by atoms with E-state index < -0.39 is 0 Å². The van der Waals surface area contributed by atoms with Crippen molar-refractivity contribution in [2.24, 2.45) is 0 Å². The summed E-state index contributed by atoms with van der Waals surface area (Å²) in [7, 11) is 0. The minimum atomic E-state index is -0.0428. The van der Waals surface area contributed by atoms with Crippen molar-refractivity contribution in [3.8, 4) is 5.69 Å². The van der Waals surface area contributed by atoms with Gasteiger partial charge in [0.15, 0.2) is 0 Å². The van der Waals surface area contributed by atoms with Crippen molar-refractivity contribution in [3.05, 3.63) is 82.1 Å². The lowest BCUT2D eigenvalue weighted by Gasteiger charge is -2.08. The number of hydrogen-bond acceptors (Lipinski definition) is 2. The Labute approximate surface area is 152 Å². The van der Waals surface area contributed by atoms with E-state index in [1.807, 2.05) is 73.1 Å². The molecule has 0 unspecified atom stereocenters. The molecule has 3 rings (SSSR count). The van der Waals surface area contributed by atoms with E-state index in [1.54, 1.807) is 0 Å². The molecule has 0 aliphatic rings. The molecule has 128 valence electrons. The summed E-state index contributed by atoms with van der Waals surface area (Å²) in [5.74, 6) is -0.0428. The topological polar surface area (TPSA) is 46.9 Å². The first-order valence-corrected chi connectivity index (χ1v) is 8.54. The Kier molecular flexibility index (Phi) is 5.19. The summed E-state index contributed by atoms with van der Waals surface area (Å²) in [6.45, 7) is 4.34. The fourth-order valence-corrected chi connectivity index (χ4v) is 3.01. The van der Waals surface area contributed by atoms with Crippen LogP contribution in [-0.4, -0.2) is 15.7 Å². The number of aromatic nitrogens is 2. The van der Waals surface area contributed by atoms with Crippen molar-refractivity contribution in [2.45, 2.75) is 26.8 Å². The minimum absolute atomic E-state index is 0.0428. The average molecular weight is 354 g/mol. The van der Waals surface area contributed by atoms with Crippen molar-refractivity contribution in [1.29, 1.82) is 0 Å². The van der Waals surface area contributed by atoms with Crippen LogP contribution >= 0.6 is 11.6 Å². The summed E-state index contributed by atoms with van der Waals surface area (Å²) in [5.41, 5.74) is 4.71. The normalized spacial score (nSPS) is 10.7. The molecule has 0 fully saturated rings. The zero-order chi connectivity index (χ0) is 17.8. The van der Waals surface area contributed by atoms with Crippen LogP contribution < -0.4 is 5.32 Å². The van der Waals surface area contributed by atoms with Crippen molar-refractivity contribution >= 4 is 17.5 Å². The molecule has 0 radical (unpaired) electrons. The average Bonchev–Trinajstić information content (AvgIpc) is 2.90. The van der Waals surface area contributed by atoms with Gasteiger partial charge in [-0.3, -0.25) is 4.79 Å². The molecule has 1 heterocycles. The molecule has 0 aliphatic carbocycles. The molecule has 0 saturated heterocycles. The highest BCUT2D eigenvalue weighted by Crippen LogP contribution is 2.19. The van der Waals surface area contributed by atoms with Gasteiger partial charge < -0.3 is 5.32 Å². The Morgan fingerprint density at radius 2 is 1.76 bits per heavy atom. The lowest BCUT2D eigenvalue weighted by Crippen LogP contribution is -2.25. The summed E-state index contributed by atoms with van der Waals surface area (Å²) >= 11 is 6.12. The lowest BCUT2D eigenvalue weighted by atomic mass is 10.1. The lowest BCUT2D eigenvalue weighted by molar-refractivity contribution is -0.120. The van der Waals surface area contributed by atoms with E-state index in [0.29, 0.717) is 18.0 Å². The van der Waals surface area contributed by atoms with Crippen LogP contribution in [0.1, 0.15) is 22.5 Å². The molecule has 25 heavy (non-hydrogen) atoms. The first-order chi connectivity index (χ1) is 12.1. The molecule has 2 aromatic carbocycles. The van der Waals surface area contributed by atoms with Gasteiger partial charge in [0.1, 0.15) is 0 Å². The predicted molar refractivity (Wildman–Crippen MR) is 100 cm³/mol. The molecule has 4 nitrogen and oxygen atoms in total. The first kappa shape index (κ1) is 17.2. The van der Waals surface area contributed by atoms with Gasteiger partial charge in [0.2, 0.25) is 5.91 Å². The number of nitrogens with one attached hydrogen (secondary N) is 1. The number of rotatable bonds is 5. The van der Waals surface area contributed by atoms with E-state index in [4.69, 9.17) is 11.6 Å². The number of aryl methyl sites for hydroxylation is 1. The molecular weight excluding hydrogens is 334 g/mol. The molecule has 1 N–H and O–H groups in total. The fourth-order valence-electron chi connectivity index (χ4n) is 2.81. The second-order valence-corrected chi connectivity index (χ2v) is 6.35. The smallest absolute Gasteiger partial charge is 0.224 e. The van der Waals surface area contributed by atoms with Crippen LogP contribution in [-0.2, 0) is 17.8 Å². The monoisotopic (exact) mass is 353 g/mol. The Balaban J connectivity index is 1.72. The molecule has 3 aromatic rings. The van der Waals surface area contributed by atoms with E-state index in [-0.39, 0.29) is 5.91 Å². The summed E-state index contributed by atoms with van der Waals surface area (Å²) in [5, 5.41) is 8.17. The third kappa shape index (κ3) is 3.91. The van der Waals surface area contributed by atoms with Gasteiger partial charge in [-0.25, -0.2) is 4.68 Å². The van der Waals surface area contributed by atoms with Crippen LogP contribution in [0, 0.1) is 13.8 Å². The standard InChI is InChI=1S/C20H20ClN3O/c1-14-18(15(2)24(23-14)17-9-4-3-5-10-17)12-20(25)22-13-16-8-6-7-11-19(16)21/h3-11H,12-13H2,1-2H3,(H,22,25). The van der Waals surface area contributed by atoms with Crippen LogP contribution in [0.5, 0.6) is 0 Å². The maximum absolute atomic E-state index is 12.4. The number of amides is 1. The van der Waals surface area contributed by atoms with Crippen molar-refractivity contribution < 1.29 is 4.79 Å². The highest BCUT2D eigenvalue weighted by Gasteiger charge is 2.16. The number of halogens is 1. The molecule has 0 atom stereocenters. The summed E-state index contributed by atoms with van der Waals surface area (Å²) in [6.07, 6.45) is 0.301. The van der Waals surface area contributed by atoms with Gasteiger partial charge in [-0.05, 0) is 37.6 Å². The highest BCUT2D eigenvalue weighted by molar-refractivity contribution is 6.31. The Hall–Kier alpha value is -2.59. The van der Waals surface area contributed by atoms with Gasteiger partial charge in [-0.2, -0.15) is 5.10 Å². The third-order valence-corrected chi connectivity index (χ3v) is 4.58. The van der Waals surface area contributed by atoms with Crippen molar-refractivity contribution in [3.63, 3.8) is 0 Å². The summed E-state index contributed by atoms with van der Waals surface area (Å²) in [6, 6.07) is 17.4. The van der Waals surface area contributed by atoms with E-state index in [9.17, 15) is 4.79 Å². The van der Waals surface area contributed by atoms with E-state index >= 15 is 0 Å². The number of nitrogens with zero attached hydrogens (tertiary/aromatic N) is 2. The minimum Gasteiger partial charge on any atom is -0.352 e. The molecule has 0 bridgehead atoms. The number of hydrogen-bond donors (Lipinski definition) is 1. The maximum atomic E-state index is 12.4. The second kappa shape index (κ2) is 7.53. The van der Waals surface area contributed by atoms with E-state index in [0.717, 1.165) is 28.2 Å². The quantitative estimate of drug-likeness (QED) is 0.753. The predicted octanol–water partition coefficient (Wildman–Crippen LogP) is 4.00. The van der Waals surface area contributed by atoms with E-state index in [1.165, 1.54) is 0 Å². The summed E-state index contributed by atoms with van der Waals surface area (Å²) < 4.78 is 1.88. The van der Waals surface area contributed by atoms with Crippen molar-refractivity contribution in [2.75, 3.05) is 0 Å². The Bertz CT molecular complexity index is 887. The van der Waals surface area contributed by atoms with Gasteiger partial charge in [-0.1, -0.05) is 48.0 Å². The van der Waals surface area contributed by atoms with Crippen LogP contribution in [0.15, 0.2) is 54.6 Å². The van der Waals surface area contributed by atoms with Gasteiger partial charge in [0.25, 0.3) is 0 Å². The third-order valence-electron chi connectivity index (χ3n) is 4.21. The number of carbonyl (C=O) groups excluding carboxylic acids is 1. The second-order valence-electron chi connectivity index (χ2n) is 5.94. The van der Waals surface area contributed by atoms with Gasteiger partial charge >= 0.3 is 0 Å². The Morgan fingerprint density at radius 1 is 1.08 bits per heavy atom. The largest absolute Gasteiger partial charge is 0.352 e. The maximum Gasteiger partial charge on any atom is 0.224 e. The van der Waals surface area contributed by atoms with Crippen LogP contribution in [0.25, 0.3) is 5.69 Å². The number of benzene rings is 2. The van der Waals surface area contributed by atoms with E-state index in [2.05, 4.69) is 10.4 Å². The summed E-state index contributed by atoms with van der Waals surface area (Å²) in [4.78, 5) is 12.4. The zero-order valence-corrected chi connectivity index (χ0v) is 15.0.